The van der Waals surface area contributed by atoms with Gasteiger partial charge in [-0.15, -0.1) is 10.2 Å². The second-order valence-electron chi connectivity index (χ2n) is 6.20. The number of nitrogens with one attached hydrogen (secondary N) is 1. The molecule has 8 heteroatoms. The summed E-state index contributed by atoms with van der Waals surface area (Å²) in [5.41, 5.74) is 2.49. The van der Waals surface area contributed by atoms with E-state index in [9.17, 15) is 9.59 Å². The van der Waals surface area contributed by atoms with Crippen LogP contribution in [-0.2, 0) is 9.59 Å². The van der Waals surface area contributed by atoms with Crippen LogP contribution in [0.5, 0.6) is 5.75 Å². The van der Waals surface area contributed by atoms with Gasteiger partial charge in [0.2, 0.25) is 16.9 Å². The quantitative estimate of drug-likeness (QED) is 0.805. The van der Waals surface area contributed by atoms with E-state index in [1.165, 1.54) is 11.3 Å². The van der Waals surface area contributed by atoms with Gasteiger partial charge >= 0.3 is 0 Å². The highest BCUT2D eigenvalue weighted by atomic mass is 32.1. The second kappa shape index (κ2) is 8.27. The van der Waals surface area contributed by atoms with Gasteiger partial charge in [0, 0.05) is 13.0 Å². The molecule has 2 unspecified atom stereocenters. The van der Waals surface area contributed by atoms with Crippen molar-refractivity contribution in [3.63, 3.8) is 0 Å². The van der Waals surface area contributed by atoms with Crippen molar-refractivity contribution in [2.45, 2.75) is 32.2 Å². The Morgan fingerprint density at radius 3 is 2.77 bits per heavy atom. The number of hydrogen-bond acceptors (Lipinski definition) is 6. The summed E-state index contributed by atoms with van der Waals surface area (Å²) in [6.07, 6.45) is 2.09. The lowest BCUT2D eigenvalue weighted by atomic mass is 9.92. The molecule has 26 heavy (non-hydrogen) atoms. The van der Waals surface area contributed by atoms with Gasteiger partial charge in [0.1, 0.15) is 11.3 Å². The summed E-state index contributed by atoms with van der Waals surface area (Å²) < 4.78 is 5.22. The van der Waals surface area contributed by atoms with E-state index < -0.39 is 5.92 Å². The summed E-state index contributed by atoms with van der Waals surface area (Å²) in [6, 6.07) is 7.28. The Bertz CT molecular complexity index is 748. The van der Waals surface area contributed by atoms with E-state index in [1.807, 2.05) is 29.2 Å². The number of rotatable bonds is 7. The van der Waals surface area contributed by atoms with E-state index in [0.29, 0.717) is 11.7 Å². The fraction of sp³-hybridized carbons (Fsp3) is 0.444. The average Bonchev–Trinajstić information content (AvgIpc) is 3.27. The van der Waals surface area contributed by atoms with Crippen molar-refractivity contribution >= 4 is 28.3 Å². The van der Waals surface area contributed by atoms with Crippen LogP contribution in [-0.4, -0.2) is 40.6 Å². The fourth-order valence-corrected chi connectivity index (χ4v) is 3.70. The van der Waals surface area contributed by atoms with Crippen LogP contribution in [0.2, 0.25) is 0 Å². The van der Waals surface area contributed by atoms with E-state index in [0.717, 1.165) is 24.2 Å². The Hall–Kier alpha value is -2.48. The first-order chi connectivity index (χ1) is 12.6. The topological polar surface area (TPSA) is 84.4 Å². The summed E-state index contributed by atoms with van der Waals surface area (Å²) in [6.45, 7) is 2.73. The lowest BCUT2D eigenvalue weighted by Gasteiger charge is -2.28. The van der Waals surface area contributed by atoms with Gasteiger partial charge in [-0.1, -0.05) is 36.8 Å². The summed E-state index contributed by atoms with van der Waals surface area (Å²) in [5.74, 6) is 0.0938. The molecule has 1 N–H and O–H groups in total. The molecule has 3 rings (SSSR count). The molecule has 1 aliphatic rings. The number of amides is 2. The second-order valence-corrected chi connectivity index (χ2v) is 7.04. The van der Waals surface area contributed by atoms with Crippen molar-refractivity contribution < 1.29 is 14.3 Å². The van der Waals surface area contributed by atoms with Gasteiger partial charge in [0.05, 0.1) is 19.1 Å². The Labute approximate surface area is 156 Å². The van der Waals surface area contributed by atoms with E-state index in [1.54, 1.807) is 12.6 Å². The van der Waals surface area contributed by atoms with Crippen LogP contribution in [0.15, 0.2) is 29.8 Å². The number of carbonyl (C=O) groups excluding carboxylic acids is 2. The predicted octanol–water partition coefficient (Wildman–Crippen LogP) is 2.88. The highest BCUT2D eigenvalue weighted by Gasteiger charge is 2.44. The largest absolute Gasteiger partial charge is 0.497 e. The normalized spacial score (nSPS) is 19.6. The molecule has 2 amide bonds. The maximum Gasteiger partial charge on any atom is 0.232 e. The molecule has 0 bridgehead atoms. The van der Waals surface area contributed by atoms with Crippen molar-refractivity contribution in [1.82, 2.24) is 15.1 Å². The zero-order chi connectivity index (χ0) is 18.5. The minimum Gasteiger partial charge on any atom is -0.497 e. The van der Waals surface area contributed by atoms with Gasteiger partial charge in [-0.05, 0) is 24.1 Å². The molecular formula is C18H22N4O3S. The van der Waals surface area contributed by atoms with Crippen molar-refractivity contribution in [1.29, 1.82) is 0 Å². The molecule has 0 radical (unpaired) electrons. The van der Waals surface area contributed by atoms with Gasteiger partial charge in [-0.25, -0.2) is 0 Å². The van der Waals surface area contributed by atoms with Gasteiger partial charge in [-0.2, -0.15) is 0 Å². The number of unbranched alkanes of at least 4 members (excludes halogenated alkanes) is 1. The highest BCUT2D eigenvalue weighted by Crippen LogP contribution is 2.39. The molecule has 2 heterocycles. The molecule has 7 nitrogen and oxygen atoms in total. The number of aromatic nitrogens is 2. The van der Waals surface area contributed by atoms with Gasteiger partial charge in [0.15, 0.2) is 0 Å². The van der Waals surface area contributed by atoms with Gasteiger partial charge in [0.25, 0.3) is 0 Å². The number of nitrogens with zero attached hydrogens (tertiary/aromatic N) is 3. The number of hydrogen-bond donors (Lipinski definition) is 1. The first-order valence-electron chi connectivity index (χ1n) is 8.64. The summed E-state index contributed by atoms with van der Waals surface area (Å²) in [4.78, 5) is 27.2. The van der Waals surface area contributed by atoms with Crippen molar-refractivity contribution in [2.24, 2.45) is 5.92 Å². The van der Waals surface area contributed by atoms with Crippen molar-refractivity contribution in [3.05, 3.63) is 35.3 Å². The number of benzene rings is 1. The third kappa shape index (κ3) is 3.85. The third-order valence-corrected chi connectivity index (χ3v) is 5.18. The molecule has 1 saturated heterocycles. The Kier molecular flexibility index (Phi) is 5.82. The number of methoxy groups -OCH3 is 1. The molecule has 0 aliphatic carbocycles. The number of likely N-dealkylation sites (tertiary alicyclic amines) is 1. The molecule has 138 valence electrons. The maximum atomic E-state index is 12.8. The zero-order valence-corrected chi connectivity index (χ0v) is 15.7. The fourth-order valence-electron chi connectivity index (χ4n) is 3.26. The zero-order valence-electron chi connectivity index (χ0n) is 14.8. The Balaban J connectivity index is 1.87. The van der Waals surface area contributed by atoms with Crippen LogP contribution in [0.3, 0.4) is 0 Å². The molecule has 2 atom stereocenters. The van der Waals surface area contributed by atoms with Crippen LogP contribution >= 0.6 is 11.3 Å². The van der Waals surface area contributed by atoms with Gasteiger partial charge < -0.3 is 15.0 Å². The van der Waals surface area contributed by atoms with Crippen molar-refractivity contribution in [3.8, 4) is 5.75 Å². The highest BCUT2D eigenvalue weighted by molar-refractivity contribution is 7.13. The van der Waals surface area contributed by atoms with Crippen LogP contribution in [0, 0.1) is 5.92 Å². The molecular weight excluding hydrogens is 352 g/mol. The minimum absolute atomic E-state index is 0.0108. The van der Waals surface area contributed by atoms with Crippen LogP contribution in [0.25, 0.3) is 0 Å². The van der Waals surface area contributed by atoms with E-state index in [4.69, 9.17) is 4.74 Å². The summed E-state index contributed by atoms with van der Waals surface area (Å²) >= 11 is 1.26. The maximum absolute atomic E-state index is 12.8. The van der Waals surface area contributed by atoms with E-state index >= 15 is 0 Å². The SMILES string of the molecule is CCCCN1C(=O)CC(C(=O)Nc2nncs2)C1c1ccc(OC)cc1. The number of anilines is 1. The third-order valence-electron chi connectivity index (χ3n) is 4.57. The first-order valence-corrected chi connectivity index (χ1v) is 9.52. The van der Waals surface area contributed by atoms with Crippen LogP contribution in [0.1, 0.15) is 37.8 Å². The first kappa shape index (κ1) is 18.3. The molecule has 1 aromatic carbocycles. The monoisotopic (exact) mass is 374 g/mol. The van der Waals surface area contributed by atoms with Crippen LogP contribution in [0.4, 0.5) is 5.13 Å². The van der Waals surface area contributed by atoms with E-state index in [-0.39, 0.29) is 24.3 Å². The van der Waals surface area contributed by atoms with Crippen LogP contribution < -0.4 is 10.1 Å². The summed E-state index contributed by atoms with van der Waals surface area (Å²) in [7, 11) is 1.61. The smallest absolute Gasteiger partial charge is 0.232 e. The number of ether oxygens (including phenoxy) is 1. The van der Waals surface area contributed by atoms with E-state index in [2.05, 4.69) is 22.4 Å². The number of carbonyl (C=O) groups is 2. The molecule has 2 aromatic rings. The Morgan fingerprint density at radius 2 is 2.15 bits per heavy atom. The molecule has 1 aromatic heterocycles. The molecule has 1 aliphatic heterocycles. The van der Waals surface area contributed by atoms with Crippen molar-refractivity contribution in [2.75, 3.05) is 19.0 Å². The van der Waals surface area contributed by atoms with Gasteiger partial charge in [-0.3, -0.25) is 9.59 Å². The molecule has 1 fully saturated rings. The average molecular weight is 374 g/mol. The Morgan fingerprint density at radius 1 is 1.38 bits per heavy atom. The minimum atomic E-state index is -0.461. The standard InChI is InChI=1S/C18H22N4O3S/c1-3-4-9-22-15(23)10-14(17(24)20-18-21-19-11-26-18)16(22)12-5-7-13(25-2)8-6-12/h5-8,11,14,16H,3-4,9-10H2,1-2H3,(H,20,21,24). The lowest BCUT2D eigenvalue weighted by molar-refractivity contribution is -0.129. The molecule has 0 saturated carbocycles. The molecule has 0 spiro atoms. The lowest BCUT2D eigenvalue weighted by Crippen LogP contribution is -2.33. The predicted molar refractivity (Wildman–Crippen MR) is 99.0 cm³/mol. The summed E-state index contributed by atoms with van der Waals surface area (Å²) in [5, 5.41) is 10.8.